The summed E-state index contributed by atoms with van der Waals surface area (Å²) in [6, 6.07) is 8.36. The molecule has 0 atom stereocenters. The van der Waals surface area contributed by atoms with E-state index in [1.165, 1.54) is 26.6 Å². The highest BCUT2D eigenvalue weighted by Gasteiger charge is 2.11. The van der Waals surface area contributed by atoms with E-state index in [-0.39, 0.29) is 0 Å². The van der Waals surface area contributed by atoms with Crippen molar-refractivity contribution in [3.8, 4) is 11.5 Å². The minimum absolute atomic E-state index is 0.351. The van der Waals surface area contributed by atoms with Crippen LogP contribution in [0.25, 0.3) is 0 Å². The molecule has 6 nitrogen and oxygen atoms in total. The molecule has 0 fully saturated rings. The van der Waals surface area contributed by atoms with Crippen LogP contribution in [0.3, 0.4) is 0 Å². The van der Waals surface area contributed by atoms with Gasteiger partial charge in [-0.05, 0) is 12.1 Å². The van der Waals surface area contributed by atoms with Gasteiger partial charge in [-0.2, -0.15) is 0 Å². The zero-order valence-electron chi connectivity index (χ0n) is 14.4. The lowest BCUT2D eigenvalue weighted by Crippen LogP contribution is -2.01. The number of anilines is 4. The SMILES string of the molecule is COc1cc(Nc2cc(Nc3ccc(F)c(F)c3)ncn2)c(OC)cc1Cl. The molecule has 1 heterocycles. The van der Waals surface area contributed by atoms with Gasteiger partial charge in [0, 0.05) is 30.0 Å². The van der Waals surface area contributed by atoms with Gasteiger partial charge in [-0.25, -0.2) is 18.7 Å². The van der Waals surface area contributed by atoms with Crippen LogP contribution in [0.15, 0.2) is 42.7 Å². The average molecular weight is 393 g/mol. The van der Waals surface area contributed by atoms with Crippen LogP contribution >= 0.6 is 11.6 Å². The van der Waals surface area contributed by atoms with Crippen LogP contribution in [0.4, 0.5) is 31.8 Å². The van der Waals surface area contributed by atoms with Crippen molar-refractivity contribution < 1.29 is 18.3 Å². The first-order valence-corrected chi connectivity index (χ1v) is 8.10. The number of benzene rings is 2. The van der Waals surface area contributed by atoms with Crippen molar-refractivity contribution in [2.24, 2.45) is 0 Å². The average Bonchev–Trinajstić information content (AvgIpc) is 2.66. The predicted molar refractivity (Wildman–Crippen MR) is 99.5 cm³/mol. The van der Waals surface area contributed by atoms with E-state index in [4.69, 9.17) is 21.1 Å². The predicted octanol–water partition coefficient (Wildman–Crippen LogP) is 4.91. The molecule has 0 saturated carbocycles. The summed E-state index contributed by atoms with van der Waals surface area (Å²) in [6.45, 7) is 0. The number of nitrogens with zero attached hydrogens (tertiary/aromatic N) is 2. The number of hydrogen-bond donors (Lipinski definition) is 2. The molecule has 3 rings (SSSR count). The molecule has 0 radical (unpaired) electrons. The van der Waals surface area contributed by atoms with E-state index in [2.05, 4.69) is 20.6 Å². The number of rotatable bonds is 6. The first-order valence-electron chi connectivity index (χ1n) is 7.73. The Morgan fingerprint density at radius 3 is 2.22 bits per heavy atom. The lowest BCUT2D eigenvalue weighted by Gasteiger charge is -2.14. The Bertz CT molecular complexity index is 972. The number of ether oxygens (including phenoxy) is 2. The van der Waals surface area contributed by atoms with Crippen molar-refractivity contribution in [1.82, 2.24) is 9.97 Å². The maximum Gasteiger partial charge on any atom is 0.160 e. The van der Waals surface area contributed by atoms with Crippen LogP contribution in [-0.4, -0.2) is 24.2 Å². The number of nitrogens with one attached hydrogen (secondary N) is 2. The van der Waals surface area contributed by atoms with E-state index >= 15 is 0 Å². The third-order valence-electron chi connectivity index (χ3n) is 3.60. The number of aromatic nitrogens is 2. The fourth-order valence-electron chi connectivity index (χ4n) is 2.31. The van der Waals surface area contributed by atoms with Crippen molar-refractivity contribution >= 4 is 34.6 Å². The van der Waals surface area contributed by atoms with Gasteiger partial charge in [0.15, 0.2) is 11.6 Å². The molecule has 2 aromatic carbocycles. The van der Waals surface area contributed by atoms with Crippen LogP contribution in [0.5, 0.6) is 11.5 Å². The van der Waals surface area contributed by atoms with Gasteiger partial charge < -0.3 is 20.1 Å². The van der Waals surface area contributed by atoms with Crippen molar-refractivity contribution in [3.05, 3.63) is 59.4 Å². The summed E-state index contributed by atoms with van der Waals surface area (Å²) in [4.78, 5) is 8.20. The summed E-state index contributed by atoms with van der Waals surface area (Å²) < 4.78 is 36.9. The molecule has 2 N–H and O–H groups in total. The first-order chi connectivity index (χ1) is 13.0. The zero-order chi connectivity index (χ0) is 19.4. The fraction of sp³-hybridized carbons (Fsp3) is 0.111. The molecule has 140 valence electrons. The second-order valence-electron chi connectivity index (χ2n) is 5.35. The molecular formula is C18H15ClF2N4O2. The third kappa shape index (κ3) is 4.35. The molecule has 0 aliphatic carbocycles. The van der Waals surface area contributed by atoms with Crippen molar-refractivity contribution in [3.63, 3.8) is 0 Å². The van der Waals surface area contributed by atoms with Crippen LogP contribution in [-0.2, 0) is 0 Å². The molecule has 3 aromatic rings. The van der Waals surface area contributed by atoms with E-state index in [0.29, 0.717) is 39.5 Å². The quantitative estimate of drug-likeness (QED) is 0.621. The van der Waals surface area contributed by atoms with Gasteiger partial charge in [0.2, 0.25) is 0 Å². The molecular weight excluding hydrogens is 378 g/mol. The van der Waals surface area contributed by atoms with Crippen molar-refractivity contribution in [2.45, 2.75) is 0 Å². The molecule has 0 aliphatic heterocycles. The topological polar surface area (TPSA) is 68.3 Å². The molecule has 0 spiro atoms. The summed E-state index contributed by atoms with van der Waals surface area (Å²) in [5.41, 5.74) is 0.931. The number of hydrogen-bond acceptors (Lipinski definition) is 6. The largest absolute Gasteiger partial charge is 0.495 e. The second kappa shape index (κ2) is 8.05. The van der Waals surface area contributed by atoms with Crippen molar-refractivity contribution in [2.75, 3.05) is 24.9 Å². The van der Waals surface area contributed by atoms with Crippen LogP contribution in [0.1, 0.15) is 0 Å². The van der Waals surface area contributed by atoms with Gasteiger partial charge in [0.1, 0.15) is 29.5 Å². The number of methoxy groups -OCH3 is 2. The molecule has 0 bridgehead atoms. The van der Waals surface area contributed by atoms with E-state index in [1.807, 2.05) is 0 Å². The zero-order valence-corrected chi connectivity index (χ0v) is 15.1. The second-order valence-corrected chi connectivity index (χ2v) is 5.76. The molecule has 0 amide bonds. The van der Waals surface area contributed by atoms with Crippen LogP contribution < -0.4 is 20.1 Å². The Morgan fingerprint density at radius 1 is 0.852 bits per heavy atom. The van der Waals surface area contributed by atoms with E-state index in [0.717, 1.165) is 12.1 Å². The van der Waals surface area contributed by atoms with E-state index in [9.17, 15) is 8.78 Å². The summed E-state index contributed by atoms with van der Waals surface area (Å²) >= 11 is 6.10. The molecule has 0 unspecified atom stereocenters. The smallest absolute Gasteiger partial charge is 0.160 e. The molecule has 0 aliphatic rings. The van der Waals surface area contributed by atoms with E-state index < -0.39 is 11.6 Å². The van der Waals surface area contributed by atoms with Gasteiger partial charge in [-0.3, -0.25) is 0 Å². The number of halogens is 3. The monoisotopic (exact) mass is 392 g/mol. The Hall–Kier alpha value is -3.13. The molecule has 0 saturated heterocycles. The van der Waals surface area contributed by atoms with Crippen molar-refractivity contribution in [1.29, 1.82) is 0 Å². The maximum absolute atomic E-state index is 13.3. The van der Waals surface area contributed by atoms with Gasteiger partial charge in [0.05, 0.1) is 24.9 Å². The standard InChI is InChI=1S/C18H15ClF2N4O2/c1-26-15-7-14(16(27-2)6-11(15)19)25-18-8-17(22-9-23-18)24-10-3-4-12(20)13(21)5-10/h3-9H,1-2H3,(H2,22,23,24,25). The van der Waals surface area contributed by atoms with Gasteiger partial charge >= 0.3 is 0 Å². The summed E-state index contributed by atoms with van der Waals surface area (Å²) in [5.74, 6) is -0.0837. The Labute approximate surface area is 159 Å². The minimum atomic E-state index is -0.953. The Balaban J connectivity index is 1.85. The van der Waals surface area contributed by atoms with Gasteiger partial charge in [-0.1, -0.05) is 11.6 Å². The maximum atomic E-state index is 13.3. The van der Waals surface area contributed by atoms with Crippen LogP contribution in [0.2, 0.25) is 5.02 Å². The Morgan fingerprint density at radius 2 is 1.56 bits per heavy atom. The lowest BCUT2D eigenvalue weighted by molar-refractivity contribution is 0.405. The fourth-order valence-corrected chi connectivity index (χ4v) is 2.54. The van der Waals surface area contributed by atoms with Gasteiger partial charge in [0.25, 0.3) is 0 Å². The van der Waals surface area contributed by atoms with E-state index in [1.54, 1.807) is 18.2 Å². The minimum Gasteiger partial charge on any atom is -0.495 e. The summed E-state index contributed by atoms with van der Waals surface area (Å²) in [6.07, 6.45) is 1.32. The first kappa shape index (κ1) is 18.7. The summed E-state index contributed by atoms with van der Waals surface area (Å²) in [5, 5.41) is 6.37. The normalized spacial score (nSPS) is 10.4. The molecule has 9 heteroatoms. The lowest BCUT2D eigenvalue weighted by atomic mass is 10.2. The van der Waals surface area contributed by atoms with Gasteiger partial charge in [-0.15, -0.1) is 0 Å². The Kier molecular flexibility index (Phi) is 5.56. The highest BCUT2D eigenvalue weighted by Crippen LogP contribution is 2.37. The highest BCUT2D eigenvalue weighted by atomic mass is 35.5. The highest BCUT2D eigenvalue weighted by molar-refractivity contribution is 6.32. The third-order valence-corrected chi connectivity index (χ3v) is 3.89. The molecule has 27 heavy (non-hydrogen) atoms. The molecule has 1 aromatic heterocycles. The van der Waals surface area contributed by atoms with Crippen LogP contribution in [0, 0.1) is 11.6 Å². The summed E-state index contributed by atoms with van der Waals surface area (Å²) in [7, 11) is 3.02.